The fraction of sp³-hybridized carbons (Fsp3) is 0.405. The van der Waals surface area contributed by atoms with Crippen LogP contribution in [0.1, 0.15) is 42.7 Å². The zero-order valence-corrected chi connectivity index (χ0v) is 27.5. The third-order valence-electron chi connectivity index (χ3n) is 11.5. The van der Waals surface area contributed by atoms with Crippen molar-refractivity contribution >= 4 is 57.6 Å². The highest BCUT2D eigenvalue weighted by molar-refractivity contribution is 6.53. The van der Waals surface area contributed by atoms with Crippen molar-refractivity contribution in [3.63, 3.8) is 0 Å². The normalized spacial score (nSPS) is 32.9. The number of phenols is 1. The van der Waals surface area contributed by atoms with Gasteiger partial charge in [-0.3, -0.25) is 33.9 Å². The summed E-state index contributed by atoms with van der Waals surface area (Å²) in [6.07, 6.45) is 3.52. The summed E-state index contributed by atoms with van der Waals surface area (Å²) in [6.45, 7) is 2.35. The highest BCUT2D eigenvalue weighted by Gasteiger charge is 2.76. The Balaban J connectivity index is 1.15. The summed E-state index contributed by atoms with van der Waals surface area (Å²) in [5.41, 5.74) is 2.28. The minimum absolute atomic E-state index is 0.0525. The Morgan fingerprint density at radius 1 is 0.851 bits per heavy atom. The van der Waals surface area contributed by atoms with Gasteiger partial charge < -0.3 is 5.11 Å². The second kappa shape index (κ2) is 10.9. The molecule has 0 bridgehead atoms. The van der Waals surface area contributed by atoms with Crippen molar-refractivity contribution in [3.8, 4) is 5.75 Å². The first kappa shape index (κ1) is 30.6. The maximum atomic E-state index is 14.4. The highest BCUT2D eigenvalue weighted by atomic mass is 35.5. The number of hydrogen-bond acceptors (Lipinski definition) is 6. The lowest BCUT2D eigenvalue weighted by atomic mass is 9.56. The number of allylic oxidation sites excluding steroid dienone is 2. The molecule has 10 heteroatoms. The lowest BCUT2D eigenvalue weighted by Crippen LogP contribution is -2.60. The summed E-state index contributed by atoms with van der Waals surface area (Å²) in [6, 6.07) is 20.9. The van der Waals surface area contributed by atoms with Crippen molar-refractivity contribution < 1.29 is 24.3 Å². The number of carbonyl (C=O) groups is 4. The monoisotopic (exact) mass is 671 g/mol. The molecule has 47 heavy (non-hydrogen) atoms. The number of nitrogens with zero attached hydrogens (tertiary/aromatic N) is 3. The van der Waals surface area contributed by atoms with Crippen LogP contribution >= 0.6 is 23.2 Å². The van der Waals surface area contributed by atoms with Gasteiger partial charge in [0.25, 0.3) is 11.8 Å². The smallest absolute Gasteiger partial charge is 0.253 e. The fourth-order valence-corrected chi connectivity index (χ4v) is 10.2. The van der Waals surface area contributed by atoms with E-state index in [0.29, 0.717) is 35.8 Å². The molecule has 3 aromatic carbocycles. The van der Waals surface area contributed by atoms with E-state index in [1.165, 1.54) is 17.5 Å². The van der Waals surface area contributed by atoms with Crippen LogP contribution in [0.2, 0.25) is 0 Å². The maximum absolute atomic E-state index is 14.4. The molecular weight excluding hydrogens is 637 g/mol. The number of piperidine rings is 1. The Bertz CT molecular complexity index is 1870. The van der Waals surface area contributed by atoms with Crippen LogP contribution in [0, 0.1) is 17.8 Å². The van der Waals surface area contributed by atoms with Crippen LogP contribution in [0.4, 0.5) is 0 Å². The van der Waals surface area contributed by atoms with Gasteiger partial charge in [-0.1, -0.05) is 78.4 Å². The number of likely N-dealkylation sites (tertiary alicyclic amines) is 3. The first-order chi connectivity index (χ1) is 22.6. The highest BCUT2D eigenvalue weighted by Crippen LogP contribution is 2.66. The third kappa shape index (κ3) is 4.23. The van der Waals surface area contributed by atoms with Crippen molar-refractivity contribution in [2.45, 2.75) is 53.9 Å². The van der Waals surface area contributed by atoms with E-state index >= 15 is 0 Å². The molecule has 4 amide bonds. The molecule has 3 saturated heterocycles. The molecule has 2 aliphatic carbocycles. The Morgan fingerprint density at radius 3 is 2.30 bits per heavy atom. The third-order valence-corrected chi connectivity index (χ3v) is 12.9. The van der Waals surface area contributed by atoms with E-state index in [4.69, 9.17) is 23.2 Å². The van der Waals surface area contributed by atoms with Crippen LogP contribution in [-0.2, 0) is 25.7 Å². The Hall–Kier alpha value is -3.72. The molecule has 0 spiro atoms. The van der Waals surface area contributed by atoms with Gasteiger partial charge in [-0.05, 0) is 42.6 Å². The standard InChI is InChI=1S/C37H35Cl2N3O5/c1-40-34(46)36(38)19-28-25(30(37(36,39)35(40)47)27-12-11-22-9-5-6-10-24(22)31(27)43)13-14-26-29(28)33(45)42(32(26)44)23-15-17-41(18-16-23)20-21-7-3-2-4-8-21/h2-13,23,26,28-30,43H,14-20H2,1H3. The van der Waals surface area contributed by atoms with Crippen LogP contribution in [-0.4, -0.2) is 79.4 Å². The minimum atomic E-state index is -1.94. The lowest BCUT2D eigenvalue weighted by molar-refractivity contribution is -0.144. The molecule has 4 fully saturated rings. The van der Waals surface area contributed by atoms with E-state index in [-0.39, 0.29) is 30.0 Å². The number of halogens is 2. The molecule has 3 aromatic rings. The summed E-state index contributed by atoms with van der Waals surface area (Å²) in [7, 11) is 1.37. The first-order valence-electron chi connectivity index (χ1n) is 16.3. The van der Waals surface area contributed by atoms with Crippen LogP contribution < -0.4 is 0 Å². The number of carbonyl (C=O) groups excluding carboxylic acids is 4. The zero-order chi connectivity index (χ0) is 32.8. The molecule has 6 atom stereocenters. The molecule has 5 aliphatic rings. The number of aromatic hydroxyl groups is 1. The second-order valence-electron chi connectivity index (χ2n) is 13.8. The number of fused-ring (bicyclic) bond motifs is 5. The van der Waals surface area contributed by atoms with Gasteiger partial charge in [0.15, 0.2) is 9.75 Å². The minimum Gasteiger partial charge on any atom is -0.507 e. The fourth-order valence-electron chi connectivity index (χ4n) is 9.16. The lowest BCUT2D eigenvalue weighted by Gasteiger charge is -2.50. The molecule has 8 nitrogen and oxygen atoms in total. The van der Waals surface area contributed by atoms with Crippen molar-refractivity contribution in [1.29, 1.82) is 0 Å². The number of rotatable bonds is 4. The van der Waals surface area contributed by atoms with E-state index in [0.717, 1.165) is 29.9 Å². The van der Waals surface area contributed by atoms with Gasteiger partial charge in [-0.15, -0.1) is 23.2 Å². The predicted octanol–water partition coefficient (Wildman–Crippen LogP) is 5.20. The van der Waals surface area contributed by atoms with Gasteiger partial charge >= 0.3 is 0 Å². The van der Waals surface area contributed by atoms with Crippen LogP contribution in [0.15, 0.2) is 78.4 Å². The van der Waals surface area contributed by atoms with Gasteiger partial charge in [0.05, 0.1) is 11.8 Å². The topological polar surface area (TPSA) is 98.2 Å². The van der Waals surface area contributed by atoms with Crippen molar-refractivity contribution in [1.82, 2.24) is 14.7 Å². The van der Waals surface area contributed by atoms with E-state index in [1.807, 2.05) is 48.5 Å². The van der Waals surface area contributed by atoms with Crippen LogP contribution in [0.3, 0.4) is 0 Å². The average Bonchev–Trinajstić information content (AvgIpc) is 3.41. The molecule has 1 N–H and O–H groups in total. The molecular formula is C37H35Cl2N3O5. The quantitative estimate of drug-likeness (QED) is 0.233. The number of benzene rings is 3. The Labute approximate surface area is 282 Å². The average molecular weight is 673 g/mol. The summed E-state index contributed by atoms with van der Waals surface area (Å²) >= 11 is 14.6. The molecule has 242 valence electrons. The SMILES string of the molecule is CN1C(=O)C2(Cl)CC3C(=CCC4C(=O)N(C5CCN(Cc6ccccc6)CC5)C(=O)C43)C(c3ccc4ccccc4c3O)C2(Cl)C1=O. The molecule has 8 rings (SSSR count). The van der Waals surface area contributed by atoms with E-state index in [2.05, 4.69) is 17.0 Å². The predicted molar refractivity (Wildman–Crippen MR) is 178 cm³/mol. The number of alkyl halides is 2. The summed E-state index contributed by atoms with van der Waals surface area (Å²) < 4.78 is 0. The maximum Gasteiger partial charge on any atom is 0.253 e. The van der Waals surface area contributed by atoms with Gasteiger partial charge in [0.1, 0.15) is 5.75 Å². The molecule has 1 saturated carbocycles. The van der Waals surface area contributed by atoms with Gasteiger partial charge in [0, 0.05) is 49.6 Å². The zero-order valence-electron chi connectivity index (χ0n) is 25.9. The Kier molecular flexibility index (Phi) is 7.10. The summed E-state index contributed by atoms with van der Waals surface area (Å²) in [5, 5.41) is 13.0. The Morgan fingerprint density at radius 2 is 1.55 bits per heavy atom. The molecule has 3 aliphatic heterocycles. The van der Waals surface area contributed by atoms with E-state index in [9.17, 15) is 24.3 Å². The number of imide groups is 2. The summed E-state index contributed by atoms with van der Waals surface area (Å²) in [5.74, 6) is -4.69. The van der Waals surface area contributed by atoms with Gasteiger partial charge in [-0.2, -0.15) is 0 Å². The molecule has 0 aromatic heterocycles. The van der Waals surface area contributed by atoms with Crippen LogP contribution in [0.5, 0.6) is 5.75 Å². The number of phenolic OH excluding ortho intramolecular Hbond substituents is 1. The second-order valence-corrected chi connectivity index (χ2v) is 15.0. The number of hydrogen-bond donors (Lipinski definition) is 1. The molecule has 3 heterocycles. The van der Waals surface area contributed by atoms with Gasteiger partial charge in [0.2, 0.25) is 11.8 Å². The van der Waals surface area contributed by atoms with Gasteiger partial charge in [-0.25, -0.2) is 0 Å². The first-order valence-corrected chi connectivity index (χ1v) is 17.1. The number of amides is 4. The van der Waals surface area contributed by atoms with Crippen molar-refractivity contribution in [2.75, 3.05) is 20.1 Å². The largest absolute Gasteiger partial charge is 0.507 e. The van der Waals surface area contributed by atoms with E-state index in [1.54, 1.807) is 12.1 Å². The van der Waals surface area contributed by atoms with Crippen molar-refractivity contribution in [2.24, 2.45) is 17.8 Å². The van der Waals surface area contributed by atoms with E-state index < -0.39 is 45.2 Å². The molecule has 6 unspecified atom stereocenters. The van der Waals surface area contributed by atoms with Crippen molar-refractivity contribution in [3.05, 3.63) is 89.5 Å². The summed E-state index contributed by atoms with van der Waals surface area (Å²) in [4.78, 5) is 57.1. The molecule has 0 radical (unpaired) electrons. The van der Waals surface area contributed by atoms with Crippen LogP contribution in [0.25, 0.3) is 10.8 Å².